The van der Waals surface area contributed by atoms with Crippen LogP contribution in [0, 0.1) is 0 Å². The molecule has 0 spiro atoms. The third-order valence-electron chi connectivity index (χ3n) is 5.51. The average molecular weight is 334 g/mol. The number of pyridine rings is 1. The molecule has 2 heterocycles. The number of halogens is 1. The predicted octanol–water partition coefficient (Wildman–Crippen LogP) is 2.25. The van der Waals surface area contributed by atoms with Crippen LogP contribution in [0.1, 0.15) is 37.7 Å². The molecule has 24 heavy (non-hydrogen) atoms. The molecule has 2 bridgehead atoms. The fraction of sp³-hybridized carbons (Fsp3) is 0.667. The Morgan fingerprint density at radius 1 is 1.46 bits per heavy atom. The van der Waals surface area contributed by atoms with Crippen molar-refractivity contribution in [3.63, 3.8) is 0 Å². The highest BCUT2D eigenvalue weighted by molar-refractivity contribution is 5.86. The molecular formula is C18H23FN2O3. The van der Waals surface area contributed by atoms with Crippen LogP contribution in [0.5, 0.6) is 0 Å². The van der Waals surface area contributed by atoms with Crippen LogP contribution in [-0.2, 0) is 20.9 Å². The van der Waals surface area contributed by atoms with Gasteiger partial charge >= 0.3 is 0 Å². The first kappa shape index (κ1) is 16.0. The van der Waals surface area contributed by atoms with Gasteiger partial charge in [-0.2, -0.15) is 0 Å². The number of carbonyl (C=O) groups excluding carboxylic acids is 1. The summed E-state index contributed by atoms with van der Waals surface area (Å²) in [5, 5.41) is 0. The molecule has 2 saturated carbocycles. The number of ether oxygens (including phenoxy) is 2. The van der Waals surface area contributed by atoms with Crippen molar-refractivity contribution in [1.82, 2.24) is 9.88 Å². The third-order valence-corrected chi connectivity index (χ3v) is 5.51. The molecule has 3 aliphatic rings. The standard InChI is InChI=1S/C18H23FN2O3/c19-18(6-2-7-18)17(22)21-9-10-23-15-5-4-14(21)16(15)24-12-13-3-1-8-20-11-13/h1,3,8,11,14-16H,2,4-7,9-10,12H2. The van der Waals surface area contributed by atoms with E-state index in [0.29, 0.717) is 32.6 Å². The number of nitrogens with zero attached hydrogens (tertiary/aromatic N) is 2. The average Bonchev–Trinajstić information content (AvgIpc) is 2.86. The maximum absolute atomic E-state index is 14.6. The molecule has 0 radical (unpaired) electrons. The molecule has 1 aliphatic heterocycles. The Morgan fingerprint density at radius 3 is 3.04 bits per heavy atom. The molecule has 1 amide bonds. The normalized spacial score (nSPS) is 31.4. The highest BCUT2D eigenvalue weighted by atomic mass is 19.1. The molecular weight excluding hydrogens is 311 g/mol. The Hall–Kier alpha value is -1.53. The van der Waals surface area contributed by atoms with E-state index >= 15 is 0 Å². The van der Waals surface area contributed by atoms with Crippen LogP contribution in [0.15, 0.2) is 24.5 Å². The Balaban J connectivity index is 1.48. The third kappa shape index (κ3) is 2.82. The fourth-order valence-corrected chi connectivity index (χ4v) is 4.00. The molecule has 1 aromatic heterocycles. The van der Waals surface area contributed by atoms with Crippen molar-refractivity contribution in [2.45, 2.75) is 62.6 Å². The van der Waals surface area contributed by atoms with Gasteiger partial charge in [0.25, 0.3) is 5.91 Å². The number of hydrogen-bond donors (Lipinski definition) is 0. The van der Waals surface area contributed by atoms with Crippen molar-refractivity contribution in [2.75, 3.05) is 13.2 Å². The zero-order valence-electron chi connectivity index (χ0n) is 13.7. The summed E-state index contributed by atoms with van der Waals surface area (Å²) in [5.74, 6) is -0.361. The molecule has 2 aliphatic carbocycles. The Labute approximate surface area is 141 Å². The van der Waals surface area contributed by atoms with Gasteiger partial charge in [-0.1, -0.05) is 6.07 Å². The van der Waals surface area contributed by atoms with Crippen LogP contribution >= 0.6 is 0 Å². The lowest BCUT2D eigenvalue weighted by Gasteiger charge is -2.40. The molecule has 3 fully saturated rings. The van der Waals surface area contributed by atoms with Gasteiger partial charge in [0.15, 0.2) is 5.67 Å². The summed E-state index contributed by atoms with van der Waals surface area (Å²) in [6, 6.07) is 3.74. The van der Waals surface area contributed by atoms with E-state index in [0.717, 1.165) is 24.8 Å². The highest BCUT2D eigenvalue weighted by Gasteiger charge is 2.52. The molecule has 1 saturated heterocycles. The second-order valence-corrected chi connectivity index (χ2v) is 7.01. The molecule has 4 rings (SSSR count). The van der Waals surface area contributed by atoms with Crippen LogP contribution in [0.3, 0.4) is 0 Å². The summed E-state index contributed by atoms with van der Waals surface area (Å²) in [6.45, 7) is 1.34. The summed E-state index contributed by atoms with van der Waals surface area (Å²) in [6.07, 6.45) is 6.44. The first-order chi connectivity index (χ1) is 11.7. The smallest absolute Gasteiger partial charge is 0.260 e. The van der Waals surface area contributed by atoms with Gasteiger partial charge in [-0.05, 0) is 43.7 Å². The number of alkyl halides is 1. The number of fused-ring (bicyclic) bond motifs is 2. The highest BCUT2D eigenvalue weighted by Crippen LogP contribution is 2.40. The van der Waals surface area contributed by atoms with Crippen molar-refractivity contribution in [1.29, 1.82) is 0 Å². The zero-order chi connectivity index (χ0) is 16.6. The maximum atomic E-state index is 14.6. The van der Waals surface area contributed by atoms with Crippen molar-refractivity contribution in [2.24, 2.45) is 0 Å². The number of aromatic nitrogens is 1. The van der Waals surface area contributed by atoms with Crippen molar-refractivity contribution < 1.29 is 18.7 Å². The minimum absolute atomic E-state index is 0.0126. The van der Waals surface area contributed by atoms with E-state index in [1.807, 2.05) is 12.1 Å². The van der Waals surface area contributed by atoms with E-state index in [2.05, 4.69) is 4.98 Å². The predicted molar refractivity (Wildman–Crippen MR) is 85.0 cm³/mol. The topological polar surface area (TPSA) is 51.7 Å². The maximum Gasteiger partial charge on any atom is 0.260 e. The SMILES string of the molecule is O=C(N1CCOC2CCC1C2OCc1cccnc1)C1(F)CCC1. The van der Waals surface area contributed by atoms with E-state index in [4.69, 9.17) is 9.47 Å². The van der Waals surface area contributed by atoms with Crippen molar-refractivity contribution in [3.05, 3.63) is 30.1 Å². The van der Waals surface area contributed by atoms with E-state index in [1.165, 1.54) is 0 Å². The van der Waals surface area contributed by atoms with Gasteiger partial charge in [0.05, 0.1) is 25.4 Å². The van der Waals surface area contributed by atoms with E-state index in [1.54, 1.807) is 17.3 Å². The van der Waals surface area contributed by atoms with Gasteiger partial charge in [0.2, 0.25) is 0 Å². The summed E-state index contributed by atoms with van der Waals surface area (Å²) in [7, 11) is 0. The van der Waals surface area contributed by atoms with Gasteiger partial charge < -0.3 is 14.4 Å². The van der Waals surface area contributed by atoms with Crippen LogP contribution < -0.4 is 0 Å². The quantitative estimate of drug-likeness (QED) is 0.847. The molecule has 3 unspecified atom stereocenters. The Morgan fingerprint density at radius 2 is 2.33 bits per heavy atom. The molecule has 5 nitrogen and oxygen atoms in total. The lowest BCUT2D eigenvalue weighted by Crippen LogP contribution is -2.56. The molecule has 0 aromatic carbocycles. The zero-order valence-corrected chi connectivity index (χ0v) is 13.7. The Bertz CT molecular complexity index is 593. The van der Waals surface area contributed by atoms with E-state index in [-0.39, 0.29) is 24.2 Å². The minimum Gasteiger partial charge on any atom is -0.374 e. The second-order valence-electron chi connectivity index (χ2n) is 7.01. The Kier molecular flexibility index (Phi) is 4.26. The monoisotopic (exact) mass is 334 g/mol. The lowest BCUT2D eigenvalue weighted by atomic mass is 9.80. The van der Waals surface area contributed by atoms with Crippen LogP contribution in [-0.4, -0.2) is 52.9 Å². The van der Waals surface area contributed by atoms with Gasteiger partial charge in [0.1, 0.15) is 6.10 Å². The van der Waals surface area contributed by atoms with Crippen LogP contribution in [0.2, 0.25) is 0 Å². The summed E-state index contributed by atoms with van der Waals surface area (Å²) in [5.41, 5.74) is -0.670. The first-order valence-corrected chi connectivity index (χ1v) is 8.79. The molecule has 0 N–H and O–H groups in total. The van der Waals surface area contributed by atoms with E-state index < -0.39 is 5.67 Å². The lowest BCUT2D eigenvalue weighted by molar-refractivity contribution is -0.154. The molecule has 3 atom stereocenters. The van der Waals surface area contributed by atoms with Gasteiger partial charge in [-0.25, -0.2) is 4.39 Å². The molecule has 130 valence electrons. The summed E-state index contributed by atoms with van der Waals surface area (Å²) >= 11 is 0. The van der Waals surface area contributed by atoms with Crippen LogP contribution in [0.25, 0.3) is 0 Å². The van der Waals surface area contributed by atoms with E-state index in [9.17, 15) is 9.18 Å². The van der Waals surface area contributed by atoms with Crippen molar-refractivity contribution >= 4 is 5.91 Å². The van der Waals surface area contributed by atoms with Gasteiger partial charge in [-0.15, -0.1) is 0 Å². The first-order valence-electron chi connectivity index (χ1n) is 8.79. The summed E-state index contributed by atoms with van der Waals surface area (Å²) in [4.78, 5) is 18.5. The number of carbonyl (C=O) groups is 1. The van der Waals surface area contributed by atoms with Crippen LogP contribution in [0.4, 0.5) is 4.39 Å². The van der Waals surface area contributed by atoms with Gasteiger partial charge in [-0.3, -0.25) is 9.78 Å². The van der Waals surface area contributed by atoms with Crippen molar-refractivity contribution in [3.8, 4) is 0 Å². The summed E-state index contributed by atoms with van der Waals surface area (Å²) < 4.78 is 26.6. The second kappa shape index (κ2) is 6.41. The number of rotatable bonds is 4. The molecule has 6 heteroatoms. The largest absolute Gasteiger partial charge is 0.374 e. The number of amides is 1. The number of hydrogen-bond acceptors (Lipinski definition) is 4. The van der Waals surface area contributed by atoms with Gasteiger partial charge in [0, 0.05) is 18.9 Å². The minimum atomic E-state index is -1.66. The fourth-order valence-electron chi connectivity index (χ4n) is 4.00. The molecule has 1 aromatic rings.